The maximum Gasteiger partial charge on any atom is 0.321 e. The van der Waals surface area contributed by atoms with Crippen LogP contribution in [-0.2, 0) is 14.6 Å². The van der Waals surface area contributed by atoms with Gasteiger partial charge in [0, 0.05) is 18.8 Å². The fourth-order valence-electron chi connectivity index (χ4n) is 3.83. The maximum absolute atomic E-state index is 12.9. The molecular weight excluding hydrogens is 368 g/mol. The van der Waals surface area contributed by atoms with Gasteiger partial charge in [-0.15, -0.1) is 0 Å². The highest BCUT2D eigenvalue weighted by atomic mass is 32.2. The van der Waals surface area contributed by atoms with E-state index in [1.54, 1.807) is 25.1 Å². The minimum Gasteiger partial charge on any atom is -0.481 e. The van der Waals surface area contributed by atoms with E-state index in [4.69, 9.17) is 0 Å². The Labute approximate surface area is 159 Å². The number of nitrogens with one attached hydrogen (secondary N) is 1. The van der Waals surface area contributed by atoms with Crippen LogP contribution in [-0.4, -0.2) is 48.8 Å². The normalized spacial score (nSPS) is 24.0. The van der Waals surface area contributed by atoms with Gasteiger partial charge in [-0.3, -0.25) is 4.79 Å². The average molecular weight is 394 g/mol. The van der Waals surface area contributed by atoms with Crippen molar-refractivity contribution in [1.29, 1.82) is 0 Å². The molecule has 1 aliphatic heterocycles. The second-order valence-electron chi connectivity index (χ2n) is 7.80. The van der Waals surface area contributed by atoms with Crippen LogP contribution in [0.15, 0.2) is 29.2 Å². The number of carbonyl (C=O) groups is 2. The number of carboxylic acid groups (broad SMARTS) is 1. The summed E-state index contributed by atoms with van der Waals surface area (Å²) in [7, 11) is -3.41. The van der Waals surface area contributed by atoms with Gasteiger partial charge in [0.25, 0.3) is 0 Å². The lowest BCUT2D eigenvalue weighted by Crippen LogP contribution is -2.37. The van der Waals surface area contributed by atoms with Crippen molar-refractivity contribution >= 4 is 27.5 Å². The summed E-state index contributed by atoms with van der Waals surface area (Å²) in [5, 5.41) is 11.6. The van der Waals surface area contributed by atoms with E-state index in [2.05, 4.69) is 5.32 Å². The Morgan fingerprint density at radius 2 is 1.93 bits per heavy atom. The molecule has 1 aliphatic carbocycles. The highest BCUT2D eigenvalue weighted by Crippen LogP contribution is 2.31. The summed E-state index contributed by atoms with van der Waals surface area (Å²) in [4.78, 5) is 25.5. The van der Waals surface area contributed by atoms with Gasteiger partial charge in [0.2, 0.25) is 0 Å². The zero-order chi connectivity index (χ0) is 19.7. The highest BCUT2D eigenvalue weighted by molar-refractivity contribution is 7.92. The number of sulfone groups is 1. The molecule has 148 valence electrons. The summed E-state index contributed by atoms with van der Waals surface area (Å²) < 4.78 is 25.7. The van der Waals surface area contributed by atoms with E-state index >= 15 is 0 Å². The first kappa shape index (κ1) is 19.7. The monoisotopic (exact) mass is 394 g/mol. The van der Waals surface area contributed by atoms with Crippen LogP contribution in [0.5, 0.6) is 0 Å². The predicted octanol–water partition coefficient (Wildman–Crippen LogP) is 3.12. The van der Waals surface area contributed by atoms with E-state index in [1.165, 1.54) is 11.0 Å². The number of carboxylic acids is 1. The Balaban J connectivity index is 1.71. The third-order valence-corrected chi connectivity index (χ3v) is 7.94. The van der Waals surface area contributed by atoms with Crippen LogP contribution in [0.2, 0.25) is 0 Å². The molecule has 7 nitrogen and oxygen atoms in total. The predicted molar refractivity (Wildman–Crippen MR) is 101 cm³/mol. The average Bonchev–Trinajstić information content (AvgIpc) is 3.07. The number of hydrogen-bond acceptors (Lipinski definition) is 4. The molecule has 2 N–H and O–H groups in total. The molecule has 1 saturated heterocycles. The highest BCUT2D eigenvalue weighted by Gasteiger charge is 2.42. The number of benzene rings is 1. The summed E-state index contributed by atoms with van der Waals surface area (Å²) in [5.41, 5.74) is -0.537. The molecule has 1 aromatic carbocycles. The number of hydrogen-bond donors (Lipinski definition) is 2. The van der Waals surface area contributed by atoms with Crippen LogP contribution < -0.4 is 5.32 Å². The van der Waals surface area contributed by atoms with Gasteiger partial charge < -0.3 is 15.3 Å². The fourth-order valence-corrected chi connectivity index (χ4v) is 5.73. The van der Waals surface area contributed by atoms with Gasteiger partial charge in [0.15, 0.2) is 9.84 Å². The Kier molecular flexibility index (Phi) is 5.46. The van der Waals surface area contributed by atoms with Crippen molar-refractivity contribution in [3.05, 3.63) is 24.3 Å². The number of nitrogens with zero attached hydrogens (tertiary/aromatic N) is 1. The van der Waals surface area contributed by atoms with Crippen molar-refractivity contribution in [2.24, 2.45) is 5.41 Å². The molecule has 27 heavy (non-hydrogen) atoms. The number of urea groups is 1. The largest absolute Gasteiger partial charge is 0.481 e. The molecule has 2 amide bonds. The summed E-state index contributed by atoms with van der Waals surface area (Å²) >= 11 is 0. The van der Waals surface area contributed by atoms with Gasteiger partial charge in [-0.25, -0.2) is 13.2 Å². The molecular formula is C19H26N2O5S. The van der Waals surface area contributed by atoms with Crippen LogP contribution in [0.25, 0.3) is 0 Å². The van der Waals surface area contributed by atoms with Crippen molar-refractivity contribution in [3.63, 3.8) is 0 Å². The van der Waals surface area contributed by atoms with Crippen LogP contribution in [0.1, 0.15) is 45.4 Å². The zero-order valence-electron chi connectivity index (χ0n) is 15.5. The summed E-state index contributed by atoms with van der Waals surface area (Å²) in [5.74, 6) is -0.918. The van der Waals surface area contributed by atoms with E-state index < -0.39 is 27.3 Å². The van der Waals surface area contributed by atoms with Gasteiger partial charge in [-0.1, -0.05) is 25.3 Å². The number of carbonyl (C=O) groups excluding carboxylic acids is 1. The Morgan fingerprint density at radius 3 is 2.56 bits per heavy atom. The molecule has 1 atom stereocenters. The van der Waals surface area contributed by atoms with E-state index in [0.717, 1.165) is 19.3 Å². The van der Waals surface area contributed by atoms with Crippen LogP contribution in [0, 0.1) is 5.41 Å². The molecule has 1 heterocycles. The van der Waals surface area contributed by atoms with Gasteiger partial charge in [0.1, 0.15) is 0 Å². The number of anilines is 1. The molecule has 2 aliphatic rings. The lowest BCUT2D eigenvalue weighted by atomic mass is 9.90. The number of rotatable bonds is 4. The molecule has 1 unspecified atom stereocenters. The quantitative estimate of drug-likeness (QED) is 0.816. The summed E-state index contributed by atoms with van der Waals surface area (Å²) in [6.45, 7) is 2.11. The molecule has 1 aromatic rings. The summed E-state index contributed by atoms with van der Waals surface area (Å²) in [6, 6.07) is 5.92. The minimum atomic E-state index is -3.41. The molecule has 0 aromatic heterocycles. The van der Waals surface area contributed by atoms with Gasteiger partial charge in [0.05, 0.1) is 15.6 Å². The van der Waals surface area contributed by atoms with Crippen molar-refractivity contribution in [2.45, 2.75) is 55.6 Å². The van der Waals surface area contributed by atoms with Gasteiger partial charge in [-0.05, 0) is 44.4 Å². The minimum absolute atomic E-state index is 0.133. The Bertz CT molecular complexity index is 832. The maximum atomic E-state index is 12.9. The van der Waals surface area contributed by atoms with Crippen molar-refractivity contribution in [1.82, 2.24) is 4.90 Å². The molecule has 2 fully saturated rings. The smallest absolute Gasteiger partial charge is 0.321 e. The lowest BCUT2D eigenvalue weighted by molar-refractivity contribution is -0.146. The first-order valence-electron chi connectivity index (χ1n) is 9.36. The molecule has 0 radical (unpaired) electrons. The van der Waals surface area contributed by atoms with Crippen molar-refractivity contribution < 1.29 is 23.1 Å². The lowest BCUT2D eigenvalue weighted by Gasteiger charge is -2.22. The van der Waals surface area contributed by atoms with Crippen molar-refractivity contribution in [2.75, 3.05) is 18.4 Å². The molecule has 0 bridgehead atoms. The molecule has 3 rings (SSSR count). The Morgan fingerprint density at radius 1 is 1.22 bits per heavy atom. The standard InChI is InChI=1S/C19H26N2O5S/c1-19(17(22)23)10-11-21(13-19)18(24)20-14-6-5-9-16(12-14)27(25,26)15-7-3-2-4-8-15/h5-6,9,12,15H,2-4,7-8,10-11,13H2,1H3,(H,20,24)(H,22,23). The first-order valence-corrected chi connectivity index (χ1v) is 10.9. The van der Waals surface area contributed by atoms with Crippen LogP contribution in [0.3, 0.4) is 0 Å². The number of amides is 2. The number of aliphatic carboxylic acids is 1. The second-order valence-corrected chi connectivity index (χ2v) is 10.0. The van der Waals surface area contributed by atoms with E-state index in [1.807, 2.05) is 0 Å². The third kappa shape index (κ3) is 4.10. The fraction of sp³-hybridized carbons (Fsp3) is 0.579. The van der Waals surface area contributed by atoms with Gasteiger partial charge in [-0.2, -0.15) is 0 Å². The van der Waals surface area contributed by atoms with E-state index in [9.17, 15) is 23.1 Å². The zero-order valence-corrected chi connectivity index (χ0v) is 16.3. The van der Waals surface area contributed by atoms with Crippen LogP contribution >= 0.6 is 0 Å². The van der Waals surface area contributed by atoms with Gasteiger partial charge >= 0.3 is 12.0 Å². The Hall–Kier alpha value is -2.09. The number of likely N-dealkylation sites (tertiary alicyclic amines) is 1. The SMILES string of the molecule is CC1(C(=O)O)CCN(C(=O)Nc2cccc(S(=O)(=O)C3CCCCC3)c2)C1. The van der Waals surface area contributed by atoms with Crippen LogP contribution in [0.4, 0.5) is 10.5 Å². The van der Waals surface area contributed by atoms with E-state index in [-0.39, 0.29) is 16.7 Å². The van der Waals surface area contributed by atoms with E-state index in [0.29, 0.717) is 31.5 Å². The summed E-state index contributed by atoms with van der Waals surface area (Å²) in [6.07, 6.45) is 4.69. The third-order valence-electron chi connectivity index (χ3n) is 5.68. The topological polar surface area (TPSA) is 104 Å². The second kappa shape index (κ2) is 7.50. The van der Waals surface area contributed by atoms with Crippen molar-refractivity contribution in [3.8, 4) is 0 Å². The molecule has 8 heteroatoms. The first-order chi connectivity index (χ1) is 12.7. The molecule has 0 spiro atoms. The molecule has 1 saturated carbocycles.